The van der Waals surface area contributed by atoms with E-state index in [1.807, 2.05) is 0 Å². The van der Waals surface area contributed by atoms with Crippen LogP contribution >= 0.6 is 0 Å². The second-order valence-corrected chi connectivity index (χ2v) is 5.01. The lowest BCUT2D eigenvalue weighted by Gasteiger charge is -2.16. The summed E-state index contributed by atoms with van der Waals surface area (Å²) < 4.78 is 16.1. The zero-order valence-electron chi connectivity index (χ0n) is 12.9. The van der Waals surface area contributed by atoms with Crippen molar-refractivity contribution in [2.24, 2.45) is 0 Å². The van der Waals surface area contributed by atoms with Gasteiger partial charge >= 0.3 is 11.9 Å². The fourth-order valence-corrected chi connectivity index (χ4v) is 2.73. The minimum absolute atomic E-state index is 0.0944. The van der Waals surface area contributed by atoms with Crippen LogP contribution in [0.15, 0.2) is 10.9 Å². The smallest absolute Gasteiger partial charge is 0.328 e. The van der Waals surface area contributed by atoms with Crippen molar-refractivity contribution in [2.45, 2.75) is 31.7 Å². The number of carbonyl (C=O) groups excluding carboxylic acids is 2. The average molecular weight is 309 g/mol. The largest absolute Gasteiger partial charge is 0.495 e. The molecule has 2 rings (SSSR count). The van der Waals surface area contributed by atoms with Gasteiger partial charge in [0.25, 0.3) is 5.56 Å². The molecule has 1 aromatic heterocycles. The molecule has 1 aliphatic rings. The van der Waals surface area contributed by atoms with E-state index in [9.17, 15) is 14.4 Å². The maximum atomic E-state index is 12.6. The van der Waals surface area contributed by atoms with Gasteiger partial charge in [0, 0.05) is 12.0 Å². The number of nitrogens with zero attached hydrogens (tertiary/aromatic N) is 1. The number of aromatic nitrogens is 1. The molecule has 0 saturated carbocycles. The van der Waals surface area contributed by atoms with Gasteiger partial charge in [-0.1, -0.05) is 0 Å². The zero-order valence-corrected chi connectivity index (χ0v) is 12.9. The van der Waals surface area contributed by atoms with E-state index >= 15 is 0 Å². The lowest BCUT2D eigenvalue weighted by Crippen LogP contribution is -2.31. The third-order valence-electron chi connectivity index (χ3n) is 3.86. The Labute approximate surface area is 127 Å². The highest BCUT2D eigenvalue weighted by molar-refractivity contribution is 5.75. The number of pyridine rings is 1. The highest BCUT2D eigenvalue weighted by atomic mass is 16.5. The Balaban J connectivity index is 2.44. The second-order valence-electron chi connectivity index (χ2n) is 5.01. The van der Waals surface area contributed by atoms with Crippen LogP contribution < -0.4 is 10.3 Å². The molecule has 0 aliphatic carbocycles. The van der Waals surface area contributed by atoms with E-state index in [1.165, 1.54) is 25.9 Å². The van der Waals surface area contributed by atoms with Crippen LogP contribution in [-0.4, -0.2) is 37.8 Å². The summed E-state index contributed by atoms with van der Waals surface area (Å²) in [5.74, 6) is -0.299. The number of hydrogen-bond donors (Lipinski definition) is 0. The van der Waals surface area contributed by atoms with Gasteiger partial charge in [0.2, 0.25) is 0 Å². The maximum absolute atomic E-state index is 12.6. The highest BCUT2D eigenvalue weighted by Gasteiger charge is 2.33. The number of carbonyl (C=O) groups is 2. The normalized spacial score (nSPS) is 16.0. The molecule has 0 aromatic carbocycles. The summed E-state index contributed by atoms with van der Waals surface area (Å²) in [6.45, 7) is 0. The van der Waals surface area contributed by atoms with E-state index in [0.29, 0.717) is 29.8 Å². The predicted octanol–water partition coefficient (Wildman–Crippen LogP) is 0.623. The first-order valence-electron chi connectivity index (χ1n) is 6.99. The van der Waals surface area contributed by atoms with Crippen molar-refractivity contribution < 1.29 is 23.8 Å². The van der Waals surface area contributed by atoms with Gasteiger partial charge in [-0.05, 0) is 25.3 Å². The Bertz CT molecular complexity index is 648. The topological polar surface area (TPSA) is 83.8 Å². The minimum Gasteiger partial charge on any atom is -0.495 e. The molecular weight excluding hydrogens is 290 g/mol. The first-order chi connectivity index (χ1) is 10.5. The molecule has 0 N–H and O–H groups in total. The zero-order chi connectivity index (χ0) is 16.3. The SMILES string of the molecule is COC(=O)CCc1cc(OC)c2n(c1=O)[C@H](C(=O)OC)CC2. The van der Waals surface area contributed by atoms with Crippen molar-refractivity contribution in [3.63, 3.8) is 0 Å². The van der Waals surface area contributed by atoms with Gasteiger partial charge in [-0.3, -0.25) is 14.2 Å². The third kappa shape index (κ3) is 2.84. The van der Waals surface area contributed by atoms with Crippen molar-refractivity contribution in [1.82, 2.24) is 4.57 Å². The molecule has 22 heavy (non-hydrogen) atoms. The van der Waals surface area contributed by atoms with Gasteiger partial charge in [-0.25, -0.2) is 4.79 Å². The van der Waals surface area contributed by atoms with Crippen LogP contribution in [0.1, 0.15) is 30.1 Å². The van der Waals surface area contributed by atoms with Crippen molar-refractivity contribution in [1.29, 1.82) is 0 Å². The molecule has 0 radical (unpaired) electrons. The number of ether oxygens (including phenoxy) is 3. The van der Waals surface area contributed by atoms with Gasteiger partial charge in [-0.2, -0.15) is 0 Å². The summed E-state index contributed by atoms with van der Waals surface area (Å²) in [6.07, 6.45) is 1.39. The molecule has 0 bridgehead atoms. The number of fused-ring (bicyclic) bond motifs is 1. The van der Waals surface area contributed by atoms with Crippen molar-refractivity contribution in [3.05, 3.63) is 27.7 Å². The maximum Gasteiger partial charge on any atom is 0.328 e. The van der Waals surface area contributed by atoms with Crippen LogP contribution in [0.2, 0.25) is 0 Å². The Morgan fingerprint density at radius 2 is 2.00 bits per heavy atom. The fraction of sp³-hybridized carbons (Fsp3) is 0.533. The van der Waals surface area contributed by atoms with Gasteiger partial charge in [0.1, 0.15) is 11.8 Å². The summed E-state index contributed by atoms with van der Waals surface area (Å²) in [5, 5.41) is 0. The number of hydrogen-bond acceptors (Lipinski definition) is 6. The summed E-state index contributed by atoms with van der Waals surface area (Å²) in [6, 6.07) is 0.996. The van der Waals surface area contributed by atoms with Gasteiger partial charge < -0.3 is 14.2 Å². The molecule has 7 nitrogen and oxygen atoms in total. The van der Waals surface area contributed by atoms with E-state index in [-0.39, 0.29) is 18.4 Å². The molecule has 0 amide bonds. The van der Waals surface area contributed by atoms with Crippen LogP contribution in [-0.2, 0) is 31.9 Å². The van der Waals surface area contributed by atoms with Crippen LogP contribution in [0.3, 0.4) is 0 Å². The van der Waals surface area contributed by atoms with E-state index in [0.717, 1.165) is 0 Å². The molecule has 120 valence electrons. The molecule has 0 fully saturated rings. The first kappa shape index (κ1) is 16.1. The lowest BCUT2D eigenvalue weighted by molar-refractivity contribution is -0.144. The van der Waals surface area contributed by atoms with Gasteiger partial charge in [-0.15, -0.1) is 0 Å². The summed E-state index contributed by atoms with van der Waals surface area (Å²) in [5.41, 5.74) is 0.819. The predicted molar refractivity (Wildman–Crippen MR) is 77.0 cm³/mol. The second kappa shape index (κ2) is 6.64. The van der Waals surface area contributed by atoms with Crippen molar-refractivity contribution in [2.75, 3.05) is 21.3 Å². The molecule has 2 heterocycles. The molecule has 0 saturated heterocycles. The highest BCUT2D eigenvalue weighted by Crippen LogP contribution is 2.31. The molecule has 0 unspecified atom stereocenters. The average Bonchev–Trinajstić information content (AvgIpc) is 2.98. The molecular formula is C15H19NO6. The minimum atomic E-state index is -0.639. The number of methoxy groups -OCH3 is 3. The number of aryl methyl sites for hydroxylation is 1. The summed E-state index contributed by atoms with van der Waals surface area (Å²) in [4.78, 5) is 35.7. The van der Waals surface area contributed by atoms with Gasteiger partial charge in [0.05, 0.1) is 27.0 Å². The molecule has 1 atom stereocenters. The first-order valence-corrected chi connectivity index (χ1v) is 6.99. The fourth-order valence-electron chi connectivity index (χ4n) is 2.73. The molecule has 1 aliphatic heterocycles. The molecule has 1 aromatic rings. The van der Waals surface area contributed by atoms with E-state index in [1.54, 1.807) is 6.07 Å². The monoisotopic (exact) mass is 309 g/mol. The van der Waals surface area contributed by atoms with Crippen LogP contribution in [0.25, 0.3) is 0 Å². The molecule has 0 spiro atoms. The Hall–Kier alpha value is -2.31. The molecule has 7 heteroatoms. The quantitative estimate of drug-likeness (QED) is 0.742. The van der Waals surface area contributed by atoms with E-state index in [4.69, 9.17) is 9.47 Å². The summed E-state index contributed by atoms with van der Waals surface area (Å²) in [7, 11) is 4.10. The van der Waals surface area contributed by atoms with E-state index in [2.05, 4.69) is 4.74 Å². The third-order valence-corrected chi connectivity index (χ3v) is 3.86. The van der Waals surface area contributed by atoms with Crippen LogP contribution in [0, 0.1) is 0 Å². The number of esters is 2. The van der Waals surface area contributed by atoms with Gasteiger partial charge in [0.15, 0.2) is 0 Å². The Kier molecular flexibility index (Phi) is 4.85. The Morgan fingerprint density at radius 1 is 1.27 bits per heavy atom. The number of rotatable bonds is 5. The standard InChI is InChI=1S/C15H19NO6/c1-20-12-8-9(4-7-13(17)21-2)14(18)16-10(12)5-6-11(16)15(19)22-3/h8,11H,4-7H2,1-3H3/t11-/m0/s1. The Morgan fingerprint density at radius 3 is 2.59 bits per heavy atom. The lowest BCUT2D eigenvalue weighted by atomic mass is 10.1. The van der Waals surface area contributed by atoms with Crippen LogP contribution in [0.5, 0.6) is 5.75 Å². The van der Waals surface area contributed by atoms with Crippen LogP contribution in [0.4, 0.5) is 0 Å². The van der Waals surface area contributed by atoms with E-state index < -0.39 is 18.0 Å². The summed E-state index contributed by atoms with van der Waals surface area (Å²) >= 11 is 0. The van der Waals surface area contributed by atoms with Crippen molar-refractivity contribution in [3.8, 4) is 5.75 Å². The van der Waals surface area contributed by atoms with Crippen molar-refractivity contribution >= 4 is 11.9 Å².